The molecule has 119 heavy (non-hydrogen) atoms. The Labute approximate surface area is 693 Å². The molecule has 0 aromatic heterocycles. The Balaban J connectivity index is 0.000000147. The molecule has 9 saturated carbocycles. The lowest BCUT2D eigenvalue weighted by Gasteiger charge is -2.60. The number of rotatable bonds is 11. The van der Waals surface area contributed by atoms with Crippen LogP contribution in [0.1, 0.15) is 254 Å². The van der Waals surface area contributed by atoms with E-state index in [1.807, 2.05) is 30.5 Å². The fourth-order valence-corrected chi connectivity index (χ4v) is 26.3. The molecule has 0 saturated heterocycles. The summed E-state index contributed by atoms with van der Waals surface area (Å²) in [5, 5.41) is 55.5. The number of allylic oxidation sites excluding steroid dienone is 3. The third-order valence-electron chi connectivity index (χ3n) is 31.5. The zero-order valence-corrected chi connectivity index (χ0v) is 71.2. The number of nitro benzene ring substituents is 1. The molecule has 27 heteroatoms. The molecule has 19 nitrogen and oxygen atoms in total. The number of carbonyl (C=O) groups is 7. The lowest BCUT2D eigenvalue weighted by Crippen LogP contribution is -2.57. The smallest absolute Gasteiger partial charge is 0.423 e. The van der Waals surface area contributed by atoms with Crippen LogP contribution in [0.5, 0.6) is 0 Å². The van der Waals surface area contributed by atoms with Crippen LogP contribution >= 0.6 is 0 Å². The van der Waals surface area contributed by atoms with Gasteiger partial charge in [0.2, 0.25) is 5.91 Å². The summed E-state index contributed by atoms with van der Waals surface area (Å²) in [6.45, 7) is 23.9. The van der Waals surface area contributed by atoms with Crippen LogP contribution in [-0.2, 0) is 60.5 Å². The number of hydrogen-bond donors (Lipinski definition) is 5. The molecule has 0 bridgehead atoms. The number of nitro groups is 1. The molecule has 5 N–H and O–H groups in total. The summed E-state index contributed by atoms with van der Waals surface area (Å²) >= 11 is 0. The van der Waals surface area contributed by atoms with Crippen LogP contribution < -0.4 is 10.6 Å². The first kappa shape index (κ1) is 91.9. The number of nitrogens with zero attached hydrogens (tertiary/aromatic N) is 2. The lowest BCUT2D eigenvalue weighted by atomic mass is 9.45. The normalized spacial score (nSPS) is 35.1. The predicted molar refractivity (Wildman–Crippen MR) is 432 cm³/mol. The van der Waals surface area contributed by atoms with Gasteiger partial charge in [-0.15, -0.1) is 0 Å². The maximum atomic E-state index is 13.0. The second kappa shape index (κ2) is 34.1. The molecule has 0 radical (unpaired) electrons. The van der Waals surface area contributed by atoms with Crippen molar-refractivity contribution < 1.29 is 97.7 Å². The number of carbonyl (C=O) groups excluding carboxylic acids is 7. The SMILES string of the molecule is CC(=O)[C@@]1(O)CC[C@H]2[C@@H]3C[C@H](C)C4=CC(=O)CC[C@]4(C)[C@H]3CC[C@@]21C.CC(C)C(=O)Nc1ccc([N+](=O)[O-])c(C(F)(F)F)c1.CC(O)(CS(=O)(=O)c1ccc(F)cc1)C(=O)Nc1ccc(C#N)c(C(F)(F)F)c1.CCC(=O)O[C@H]1CC[C@H]2[C@@H]3CCC4=CC(=O)CC[C@]4(C)[C@H]3CC[C@]12C.C[C@]12CC[C@H]3[C@@H](CCC4=CC(=O)CC[C@@]43C)[C@@H]1CC[C@@H]2O. The summed E-state index contributed by atoms with van der Waals surface area (Å²) in [4.78, 5) is 92.6. The highest BCUT2D eigenvalue weighted by atomic mass is 32.2. The molecule has 1 unspecified atom stereocenters. The van der Waals surface area contributed by atoms with Crippen molar-refractivity contribution in [2.24, 2.45) is 97.6 Å². The minimum atomic E-state index is -4.86. The summed E-state index contributed by atoms with van der Waals surface area (Å²) in [5.41, 5.74) is -3.61. The minimum absolute atomic E-state index is 0.0411. The van der Waals surface area contributed by atoms with Crippen molar-refractivity contribution in [3.8, 4) is 6.07 Å². The topological polar surface area (TPSA) is 315 Å². The van der Waals surface area contributed by atoms with E-state index in [4.69, 9.17) is 10.00 Å². The molecule has 0 aliphatic heterocycles. The summed E-state index contributed by atoms with van der Waals surface area (Å²) in [7, 11) is -4.21. The molecule has 12 aliphatic carbocycles. The predicted octanol–water partition coefficient (Wildman–Crippen LogP) is 18.9. The number of ether oxygens (including phenoxy) is 1. The number of Topliss-reactive ketones (excluding diaryl/α,β-unsaturated/α-hetero) is 1. The Hall–Kier alpha value is -7.80. The zero-order chi connectivity index (χ0) is 87.7. The average molecular weight is 1680 g/mol. The second-order valence-corrected chi connectivity index (χ2v) is 40.4. The van der Waals surface area contributed by atoms with E-state index in [1.165, 1.54) is 67.7 Å². The number of nitriles is 1. The molecule has 0 heterocycles. The van der Waals surface area contributed by atoms with Gasteiger partial charge < -0.3 is 30.7 Å². The molecular formula is C92H117F7N4O15S. The van der Waals surface area contributed by atoms with Crippen molar-refractivity contribution in [2.45, 2.75) is 278 Å². The van der Waals surface area contributed by atoms with Gasteiger partial charge >= 0.3 is 18.3 Å². The van der Waals surface area contributed by atoms with E-state index in [1.54, 1.807) is 20.8 Å². The van der Waals surface area contributed by atoms with Crippen LogP contribution in [0, 0.1) is 125 Å². The van der Waals surface area contributed by atoms with Gasteiger partial charge in [0.05, 0.1) is 38.9 Å². The molecule has 12 aliphatic rings. The van der Waals surface area contributed by atoms with Gasteiger partial charge in [-0.2, -0.15) is 31.6 Å². The number of aliphatic hydroxyl groups is 3. The summed E-state index contributed by atoms with van der Waals surface area (Å²) in [5.74, 6) is 3.32. The molecular weight excluding hydrogens is 1570 g/mol. The van der Waals surface area contributed by atoms with Crippen LogP contribution in [0.15, 0.2) is 101 Å². The second-order valence-electron chi connectivity index (χ2n) is 38.4. The van der Waals surface area contributed by atoms with Crippen LogP contribution in [0.25, 0.3) is 0 Å². The molecule has 15 rings (SSSR count). The Morgan fingerprint density at radius 1 is 0.639 bits per heavy atom. The average Bonchev–Trinajstić information content (AvgIpc) is 1.73. The van der Waals surface area contributed by atoms with Crippen molar-refractivity contribution in [3.05, 3.63) is 128 Å². The number of esters is 1. The van der Waals surface area contributed by atoms with Crippen molar-refractivity contribution in [1.82, 2.24) is 0 Å². The van der Waals surface area contributed by atoms with Gasteiger partial charge in [0, 0.05) is 59.9 Å². The van der Waals surface area contributed by atoms with E-state index in [9.17, 15) is 98.1 Å². The standard InChI is InChI=1S/2C22H32O3.C19H28O2.C18H14F4N2O4S.C11H11F3N2O3/c1-13-11-16-17(20(3)8-5-15(24)12-19(13)20)6-9-21(4)18(16)7-10-22(21,25)14(2)23;1-4-20(24)25-19-8-7-17-16-6-5-14-13-15(23)9-11-21(14,2)18(16)10-12-22(17,19)3;1-18-9-7-13(20)11-12(18)3-4-14-15-5-6-17(21)19(15,2)10-8-16(14)18;1-17(26,10-29(27,28)14-6-3-12(19)4-7-14)16(25)24-13-5-2-11(9-23)15(8-13)18(20,21)22;1-6(2)10(17)15-7-3-4-9(16(18)19)8(5-7)11(12,13)14/h12-13,16-18,25H,5-11H2,1-4H3;13,16-19H,4-12H2,1-3H3;11,14-17,21H,3-10H2,1-2H3;2-8,26H,10H2,1H3,(H,24,25);3-6H,1-2H3,(H,15,17)/t13-,16+,17-,18-,20+,21-,22-;16-,17-,18-,19-,21-,22-;14-,15-,16-,17-,18-,19-;;/m000../s1. The number of benzene rings is 3. The number of halogens is 7. The Morgan fingerprint density at radius 2 is 1.13 bits per heavy atom. The van der Waals surface area contributed by atoms with Gasteiger partial charge in [-0.3, -0.25) is 43.7 Å². The number of anilines is 2. The molecule has 9 fully saturated rings. The van der Waals surface area contributed by atoms with E-state index >= 15 is 0 Å². The Kier molecular flexibility index (Phi) is 26.4. The number of amides is 2. The third kappa shape index (κ3) is 17.8. The fourth-order valence-electron chi connectivity index (χ4n) is 24.7. The van der Waals surface area contributed by atoms with Crippen molar-refractivity contribution in [2.75, 3.05) is 16.4 Å². The molecule has 0 spiro atoms. The zero-order valence-electron chi connectivity index (χ0n) is 70.4. The summed E-state index contributed by atoms with van der Waals surface area (Å²) in [6, 6.07) is 9.74. The minimum Gasteiger partial charge on any atom is -0.462 e. The fraction of sp³-hybridized carbons (Fsp3) is 0.652. The van der Waals surface area contributed by atoms with Gasteiger partial charge in [0.15, 0.2) is 38.6 Å². The highest BCUT2D eigenvalue weighted by Gasteiger charge is 2.67. The van der Waals surface area contributed by atoms with Gasteiger partial charge in [-0.05, 0) is 296 Å². The van der Waals surface area contributed by atoms with Crippen LogP contribution in [0.4, 0.5) is 47.8 Å². The maximum Gasteiger partial charge on any atom is 0.423 e. The van der Waals surface area contributed by atoms with Gasteiger partial charge in [-0.25, -0.2) is 12.8 Å². The van der Waals surface area contributed by atoms with Crippen LogP contribution in [0.2, 0.25) is 0 Å². The van der Waals surface area contributed by atoms with Crippen molar-refractivity contribution >= 4 is 67.8 Å². The van der Waals surface area contributed by atoms with E-state index in [2.05, 4.69) is 53.8 Å². The first-order valence-corrected chi connectivity index (χ1v) is 44.1. The van der Waals surface area contributed by atoms with Crippen molar-refractivity contribution in [3.63, 3.8) is 0 Å². The number of sulfone groups is 1. The molecule has 20 atom stereocenters. The van der Waals surface area contributed by atoms with E-state index in [-0.39, 0.29) is 72.7 Å². The van der Waals surface area contributed by atoms with E-state index in [0.717, 1.165) is 163 Å². The van der Waals surface area contributed by atoms with Crippen LogP contribution in [-0.4, -0.2) is 98.7 Å². The number of alkyl halides is 6. The third-order valence-corrected chi connectivity index (χ3v) is 33.4. The molecule has 3 aromatic rings. The molecule has 3 aromatic carbocycles. The quantitative estimate of drug-likeness (QED) is 0.0392. The van der Waals surface area contributed by atoms with Gasteiger partial charge in [0.1, 0.15) is 23.1 Å². The first-order chi connectivity index (χ1) is 55.3. The Bertz CT molecular complexity index is 4720. The Morgan fingerprint density at radius 3 is 1.67 bits per heavy atom. The highest BCUT2D eigenvalue weighted by Crippen LogP contribution is 2.70. The number of ketones is 4. The lowest BCUT2D eigenvalue weighted by molar-refractivity contribution is -0.388. The number of hydrogen-bond acceptors (Lipinski definition) is 16. The largest absolute Gasteiger partial charge is 0.462 e. The van der Waals surface area contributed by atoms with Crippen LogP contribution in [0.3, 0.4) is 0 Å². The molecule has 650 valence electrons. The molecule has 2 amide bonds. The van der Waals surface area contributed by atoms with E-state index < -0.39 is 90.0 Å². The van der Waals surface area contributed by atoms with E-state index in [0.29, 0.717) is 90.2 Å². The number of fused-ring (bicyclic) bond motifs is 15. The number of aliphatic hydroxyl groups excluding tert-OH is 1. The van der Waals surface area contributed by atoms with Gasteiger partial charge in [-0.1, -0.05) is 86.0 Å². The van der Waals surface area contributed by atoms with Gasteiger partial charge in [0.25, 0.3) is 11.6 Å². The highest BCUT2D eigenvalue weighted by molar-refractivity contribution is 7.91. The maximum absolute atomic E-state index is 13.0. The summed E-state index contributed by atoms with van der Waals surface area (Å²) < 4.78 is 121. The summed E-state index contributed by atoms with van der Waals surface area (Å²) in [6.07, 6.45) is 20.6. The van der Waals surface area contributed by atoms with Crippen molar-refractivity contribution in [1.29, 1.82) is 5.26 Å². The number of nitrogens with one attached hydrogen (secondary N) is 2. The first-order valence-electron chi connectivity index (χ1n) is 42.5. The monoisotopic (exact) mass is 1680 g/mol.